The molecule has 0 aliphatic carbocycles. The molecule has 0 unspecified atom stereocenters. The van der Waals surface area contributed by atoms with E-state index in [1.807, 2.05) is 36.4 Å². The number of rotatable bonds is 5. The topological polar surface area (TPSA) is 68.3 Å². The molecule has 3 N–H and O–H groups in total. The Morgan fingerprint density at radius 2 is 2.00 bits per heavy atom. The van der Waals surface area contributed by atoms with E-state index in [1.54, 1.807) is 12.5 Å². The van der Waals surface area contributed by atoms with Gasteiger partial charge in [0, 0.05) is 12.1 Å². The van der Waals surface area contributed by atoms with Crippen molar-refractivity contribution in [3.63, 3.8) is 0 Å². The molecule has 0 saturated carbocycles. The predicted molar refractivity (Wildman–Crippen MR) is 68.7 cm³/mol. The third kappa shape index (κ3) is 3.46. The van der Waals surface area contributed by atoms with E-state index in [2.05, 4.69) is 5.32 Å². The fourth-order valence-corrected chi connectivity index (χ4v) is 1.67. The number of hydrogen-bond donors (Lipinski definition) is 2. The lowest BCUT2D eigenvalue weighted by Crippen LogP contribution is -2.41. The fourth-order valence-electron chi connectivity index (χ4n) is 1.67. The first kappa shape index (κ1) is 12.4. The second-order valence-electron chi connectivity index (χ2n) is 4.15. The Balaban J connectivity index is 1.82. The molecule has 1 aromatic carbocycles. The zero-order valence-electron chi connectivity index (χ0n) is 10.0. The van der Waals surface area contributed by atoms with Crippen molar-refractivity contribution < 1.29 is 9.21 Å². The van der Waals surface area contributed by atoms with Gasteiger partial charge in [-0.1, -0.05) is 30.3 Å². The standard InChI is InChI=1S/C14H16N2O2/c15-13(8-11-4-2-1-3-5-11)14(17)16-9-12-6-7-18-10-12/h1-7,10,13H,8-9,15H2,(H,16,17)/t13-/m0/s1. The van der Waals surface area contributed by atoms with E-state index in [0.29, 0.717) is 13.0 Å². The smallest absolute Gasteiger partial charge is 0.237 e. The van der Waals surface area contributed by atoms with E-state index in [9.17, 15) is 4.79 Å². The number of nitrogens with one attached hydrogen (secondary N) is 1. The van der Waals surface area contributed by atoms with Crippen LogP contribution in [0.2, 0.25) is 0 Å². The highest BCUT2D eigenvalue weighted by molar-refractivity contribution is 5.81. The zero-order chi connectivity index (χ0) is 12.8. The highest BCUT2D eigenvalue weighted by atomic mass is 16.3. The zero-order valence-corrected chi connectivity index (χ0v) is 10.0. The Kier molecular flexibility index (Phi) is 4.15. The van der Waals surface area contributed by atoms with Gasteiger partial charge in [0.25, 0.3) is 0 Å². The van der Waals surface area contributed by atoms with Gasteiger partial charge in [-0.05, 0) is 18.1 Å². The molecule has 1 aromatic heterocycles. The van der Waals surface area contributed by atoms with E-state index in [-0.39, 0.29) is 5.91 Å². The summed E-state index contributed by atoms with van der Waals surface area (Å²) in [6, 6.07) is 11.0. The van der Waals surface area contributed by atoms with Gasteiger partial charge in [-0.15, -0.1) is 0 Å². The summed E-state index contributed by atoms with van der Waals surface area (Å²) in [6.45, 7) is 0.442. The van der Waals surface area contributed by atoms with Gasteiger partial charge in [-0.3, -0.25) is 4.79 Å². The highest BCUT2D eigenvalue weighted by Gasteiger charge is 2.13. The molecule has 18 heavy (non-hydrogen) atoms. The minimum absolute atomic E-state index is 0.153. The van der Waals surface area contributed by atoms with Crippen LogP contribution in [-0.4, -0.2) is 11.9 Å². The van der Waals surface area contributed by atoms with Crippen LogP contribution >= 0.6 is 0 Å². The number of nitrogens with two attached hydrogens (primary N) is 1. The summed E-state index contributed by atoms with van der Waals surface area (Å²) in [5.41, 5.74) is 7.84. The van der Waals surface area contributed by atoms with Gasteiger partial charge in [-0.25, -0.2) is 0 Å². The van der Waals surface area contributed by atoms with Crippen molar-refractivity contribution in [2.75, 3.05) is 0 Å². The SMILES string of the molecule is N[C@@H](Cc1ccccc1)C(=O)NCc1ccoc1. The first-order chi connectivity index (χ1) is 8.75. The molecule has 0 saturated heterocycles. The predicted octanol–water partition coefficient (Wildman–Crippen LogP) is 1.47. The maximum atomic E-state index is 11.8. The molecule has 1 heterocycles. The molecule has 0 aliphatic rings. The van der Waals surface area contributed by atoms with E-state index < -0.39 is 6.04 Å². The average molecular weight is 244 g/mol. The van der Waals surface area contributed by atoms with Crippen LogP contribution in [0, 0.1) is 0 Å². The summed E-state index contributed by atoms with van der Waals surface area (Å²) >= 11 is 0. The van der Waals surface area contributed by atoms with E-state index >= 15 is 0 Å². The van der Waals surface area contributed by atoms with Crippen molar-refractivity contribution in [3.8, 4) is 0 Å². The van der Waals surface area contributed by atoms with Crippen LogP contribution in [0.15, 0.2) is 53.3 Å². The third-order valence-corrected chi connectivity index (χ3v) is 2.68. The van der Waals surface area contributed by atoms with Crippen LogP contribution in [0.4, 0.5) is 0 Å². The molecular formula is C14H16N2O2. The normalized spacial score (nSPS) is 12.1. The Bertz CT molecular complexity index is 480. The van der Waals surface area contributed by atoms with Gasteiger partial charge in [0.2, 0.25) is 5.91 Å². The number of furan rings is 1. The highest BCUT2D eigenvalue weighted by Crippen LogP contribution is 2.03. The molecule has 0 aliphatic heterocycles. The number of benzene rings is 1. The van der Waals surface area contributed by atoms with Crippen LogP contribution < -0.4 is 11.1 Å². The average Bonchev–Trinajstić information content (AvgIpc) is 2.90. The molecule has 2 rings (SSSR count). The molecule has 4 nitrogen and oxygen atoms in total. The van der Waals surface area contributed by atoms with Crippen LogP contribution in [0.1, 0.15) is 11.1 Å². The third-order valence-electron chi connectivity index (χ3n) is 2.68. The molecule has 0 spiro atoms. The summed E-state index contributed by atoms with van der Waals surface area (Å²) < 4.78 is 4.92. The van der Waals surface area contributed by atoms with Crippen molar-refractivity contribution in [2.45, 2.75) is 19.0 Å². The number of carbonyl (C=O) groups excluding carboxylic acids is 1. The Morgan fingerprint density at radius 1 is 1.22 bits per heavy atom. The molecular weight excluding hydrogens is 228 g/mol. The maximum absolute atomic E-state index is 11.8. The summed E-state index contributed by atoms with van der Waals surface area (Å²) in [4.78, 5) is 11.8. The maximum Gasteiger partial charge on any atom is 0.237 e. The van der Waals surface area contributed by atoms with E-state index in [1.165, 1.54) is 0 Å². The van der Waals surface area contributed by atoms with Gasteiger partial charge < -0.3 is 15.5 Å². The van der Waals surface area contributed by atoms with Crippen LogP contribution in [-0.2, 0) is 17.8 Å². The van der Waals surface area contributed by atoms with Crippen LogP contribution in [0.25, 0.3) is 0 Å². The molecule has 1 atom stereocenters. The van der Waals surface area contributed by atoms with Crippen LogP contribution in [0.5, 0.6) is 0 Å². The molecule has 4 heteroatoms. The lowest BCUT2D eigenvalue weighted by Gasteiger charge is -2.11. The second-order valence-corrected chi connectivity index (χ2v) is 4.15. The lowest BCUT2D eigenvalue weighted by molar-refractivity contribution is -0.122. The summed E-state index contributed by atoms with van der Waals surface area (Å²) in [5.74, 6) is -0.153. The monoisotopic (exact) mass is 244 g/mol. The van der Waals surface area contributed by atoms with Crippen molar-refractivity contribution in [1.82, 2.24) is 5.32 Å². The quantitative estimate of drug-likeness (QED) is 0.836. The second kappa shape index (κ2) is 6.02. The van der Waals surface area contributed by atoms with Gasteiger partial charge in [0.05, 0.1) is 18.6 Å². The number of amides is 1. The van der Waals surface area contributed by atoms with E-state index in [4.69, 9.17) is 10.2 Å². The van der Waals surface area contributed by atoms with Crippen LogP contribution in [0.3, 0.4) is 0 Å². The van der Waals surface area contributed by atoms with Gasteiger partial charge >= 0.3 is 0 Å². The Labute approximate surface area is 106 Å². The molecule has 0 fully saturated rings. The molecule has 2 aromatic rings. The molecule has 1 amide bonds. The summed E-state index contributed by atoms with van der Waals surface area (Å²) in [5, 5.41) is 2.78. The minimum Gasteiger partial charge on any atom is -0.472 e. The Morgan fingerprint density at radius 3 is 2.67 bits per heavy atom. The molecule has 0 bridgehead atoms. The minimum atomic E-state index is -0.528. The van der Waals surface area contributed by atoms with Crippen molar-refractivity contribution >= 4 is 5.91 Å². The summed E-state index contributed by atoms with van der Waals surface area (Å²) in [7, 11) is 0. The summed E-state index contributed by atoms with van der Waals surface area (Å²) in [6.07, 6.45) is 3.71. The fraction of sp³-hybridized carbons (Fsp3) is 0.214. The van der Waals surface area contributed by atoms with Crippen molar-refractivity contribution in [2.24, 2.45) is 5.73 Å². The van der Waals surface area contributed by atoms with Gasteiger partial charge in [0.1, 0.15) is 0 Å². The van der Waals surface area contributed by atoms with Crippen molar-refractivity contribution in [1.29, 1.82) is 0 Å². The number of hydrogen-bond acceptors (Lipinski definition) is 3. The number of carbonyl (C=O) groups is 1. The first-order valence-electron chi connectivity index (χ1n) is 5.84. The van der Waals surface area contributed by atoms with Gasteiger partial charge in [0.15, 0.2) is 0 Å². The van der Waals surface area contributed by atoms with Crippen molar-refractivity contribution in [3.05, 3.63) is 60.1 Å². The van der Waals surface area contributed by atoms with E-state index in [0.717, 1.165) is 11.1 Å². The van der Waals surface area contributed by atoms with Gasteiger partial charge in [-0.2, -0.15) is 0 Å². The first-order valence-corrected chi connectivity index (χ1v) is 5.84. The largest absolute Gasteiger partial charge is 0.472 e. The Hall–Kier alpha value is -2.07. The molecule has 94 valence electrons. The lowest BCUT2D eigenvalue weighted by atomic mass is 10.1. The molecule has 0 radical (unpaired) electrons.